The number of rotatable bonds is 0. The van der Waals surface area contributed by atoms with E-state index in [1.54, 1.807) is 11.1 Å². The van der Waals surface area contributed by atoms with Crippen LogP contribution in [0.15, 0.2) is 24.3 Å². The van der Waals surface area contributed by atoms with Gasteiger partial charge in [-0.15, -0.1) is 0 Å². The molecule has 20 heavy (non-hydrogen) atoms. The number of benzene rings is 2. The molecule has 1 aliphatic carbocycles. The first-order valence-electron chi connectivity index (χ1n) is 7.77. The lowest BCUT2D eigenvalue weighted by atomic mass is 9.82. The molecule has 0 nitrogen and oxygen atoms in total. The average molecular weight is 266 g/mol. The summed E-state index contributed by atoms with van der Waals surface area (Å²) in [5, 5.41) is 2.98. The van der Waals surface area contributed by atoms with Crippen molar-refractivity contribution in [3.05, 3.63) is 46.5 Å². The molecule has 0 heterocycles. The summed E-state index contributed by atoms with van der Waals surface area (Å²) in [6.45, 7) is 13.9. The molecule has 0 N–H and O–H groups in total. The zero-order chi connectivity index (χ0) is 14.7. The lowest BCUT2D eigenvalue weighted by Crippen LogP contribution is -2.12. The van der Waals surface area contributed by atoms with Gasteiger partial charge in [0.1, 0.15) is 0 Å². The second-order valence-corrected chi connectivity index (χ2v) is 8.37. The molecule has 0 radical (unpaired) electrons. The monoisotopic (exact) mass is 266 g/mol. The van der Waals surface area contributed by atoms with Crippen molar-refractivity contribution in [3.63, 3.8) is 0 Å². The molecule has 106 valence electrons. The topological polar surface area (TPSA) is 0 Å². The first-order valence-corrected chi connectivity index (χ1v) is 7.77. The molecule has 0 amide bonds. The van der Waals surface area contributed by atoms with Gasteiger partial charge < -0.3 is 0 Å². The van der Waals surface area contributed by atoms with E-state index >= 15 is 0 Å². The van der Waals surface area contributed by atoms with E-state index in [4.69, 9.17) is 0 Å². The van der Waals surface area contributed by atoms with Crippen LogP contribution in [0.3, 0.4) is 0 Å². The summed E-state index contributed by atoms with van der Waals surface area (Å²) in [4.78, 5) is 0. The summed E-state index contributed by atoms with van der Waals surface area (Å²) < 4.78 is 0. The molecule has 2 aromatic carbocycles. The van der Waals surface area contributed by atoms with Crippen molar-refractivity contribution in [1.82, 2.24) is 0 Å². The van der Waals surface area contributed by atoms with Crippen LogP contribution in [0.2, 0.25) is 0 Å². The Balaban J connectivity index is 2.31. The number of aryl methyl sites for hydroxylation is 2. The van der Waals surface area contributed by atoms with Crippen molar-refractivity contribution in [2.45, 2.75) is 65.2 Å². The highest BCUT2D eigenvalue weighted by Gasteiger charge is 2.23. The third kappa shape index (κ3) is 2.16. The molecule has 1 aliphatic rings. The van der Waals surface area contributed by atoms with Crippen LogP contribution in [-0.2, 0) is 23.7 Å². The van der Waals surface area contributed by atoms with Gasteiger partial charge in [0.2, 0.25) is 0 Å². The zero-order valence-electron chi connectivity index (χ0n) is 13.7. The molecule has 0 bridgehead atoms. The van der Waals surface area contributed by atoms with E-state index in [1.807, 2.05) is 0 Å². The third-order valence-electron chi connectivity index (χ3n) is 4.61. The molecule has 0 spiro atoms. The Morgan fingerprint density at radius 2 is 1.05 bits per heavy atom. The van der Waals surface area contributed by atoms with Gasteiger partial charge in [-0.05, 0) is 56.7 Å². The van der Waals surface area contributed by atoms with Crippen molar-refractivity contribution in [2.24, 2.45) is 0 Å². The predicted octanol–water partition coefficient (Wildman–Crippen LogP) is 5.53. The highest BCUT2D eigenvalue weighted by atomic mass is 14.3. The first kappa shape index (κ1) is 13.7. The van der Waals surface area contributed by atoms with Gasteiger partial charge in [0.05, 0.1) is 0 Å². The molecule has 0 unspecified atom stereocenters. The van der Waals surface area contributed by atoms with E-state index < -0.39 is 0 Å². The van der Waals surface area contributed by atoms with Crippen LogP contribution in [0.5, 0.6) is 0 Å². The van der Waals surface area contributed by atoms with Gasteiger partial charge >= 0.3 is 0 Å². The molecule has 0 saturated carbocycles. The van der Waals surface area contributed by atoms with Gasteiger partial charge in [-0.2, -0.15) is 0 Å². The minimum atomic E-state index is 0.227. The van der Waals surface area contributed by atoms with Gasteiger partial charge in [0.15, 0.2) is 0 Å². The summed E-state index contributed by atoms with van der Waals surface area (Å²) in [7, 11) is 0. The number of hydrogen-bond acceptors (Lipinski definition) is 0. The summed E-state index contributed by atoms with van der Waals surface area (Å²) in [6.07, 6.45) is 2.42. The Kier molecular flexibility index (Phi) is 2.80. The molecule has 0 fully saturated rings. The third-order valence-corrected chi connectivity index (χ3v) is 4.61. The molecular formula is C20H26. The molecule has 0 saturated heterocycles. The molecule has 2 aromatic rings. The van der Waals surface area contributed by atoms with E-state index in [9.17, 15) is 0 Å². The van der Waals surface area contributed by atoms with Crippen LogP contribution >= 0.6 is 0 Å². The molecule has 0 atom stereocenters. The van der Waals surface area contributed by atoms with Crippen molar-refractivity contribution < 1.29 is 0 Å². The fourth-order valence-corrected chi connectivity index (χ4v) is 3.23. The normalized spacial score (nSPS) is 15.1. The van der Waals surface area contributed by atoms with Crippen LogP contribution in [0, 0.1) is 0 Å². The Morgan fingerprint density at radius 3 is 1.40 bits per heavy atom. The van der Waals surface area contributed by atoms with Crippen LogP contribution in [0.4, 0.5) is 0 Å². The molecule has 0 aliphatic heterocycles. The maximum atomic E-state index is 2.44. The van der Waals surface area contributed by atoms with Crippen LogP contribution in [-0.4, -0.2) is 0 Å². The van der Waals surface area contributed by atoms with Crippen LogP contribution in [0.25, 0.3) is 10.8 Å². The van der Waals surface area contributed by atoms with Crippen LogP contribution < -0.4 is 0 Å². The van der Waals surface area contributed by atoms with Gasteiger partial charge in [0, 0.05) is 0 Å². The van der Waals surface area contributed by atoms with E-state index in [2.05, 4.69) is 65.8 Å². The van der Waals surface area contributed by atoms with Crippen molar-refractivity contribution >= 4 is 10.8 Å². The van der Waals surface area contributed by atoms with E-state index in [-0.39, 0.29) is 10.8 Å². The van der Waals surface area contributed by atoms with Crippen molar-refractivity contribution in [2.75, 3.05) is 0 Å². The summed E-state index contributed by atoms with van der Waals surface area (Å²) in [6, 6.07) is 9.72. The lowest BCUT2D eigenvalue weighted by molar-refractivity contribution is 0.589. The Labute approximate surface area is 123 Å². The first-order chi connectivity index (χ1) is 9.16. The lowest BCUT2D eigenvalue weighted by Gasteiger charge is -2.23. The van der Waals surface area contributed by atoms with E-state index in [1.165, 1.54) is 34.7 Å². The minimum Gasteiger partial charge on any atom is -0.0561 e. The SMILES string of the molecule is CC(C)(C)c1cc2c3c(cc(C(C)(C)C)cc3c1)CC2. The van der Waals surface area contributed by atoms with Gasteiger partial charge in [-0.25, -0.2) is 0 Å². The van der Waals surface area contributed by atoms with Gasteiger partial charge in [-0.1, -0.05) is 65.8 Å². The highest BCUT2D eigenvalue weighted by molar-refractivity contribution is 5.92. The summed E-state index contributed by atoms with van der Waals surface area (Å²) >= 11 is 0. The molecule has 0 heteroatoms. The summed E-state index contributed by atoms with van der Waals surface area (Å²) in [5.41, 5.74) is 6.51. The van der Waals surface area contributed by atoms with Crippen molar-refractivity contribution in [3.8, 4) is 0 Å². The number of hydrogen-bond donors (Lipinski definition) is 0. The fraction of sp³-hybridized carbons (Fsp3) is 0.500. The fourth-order valence-electron chi connectivity index (χ4n) is 3.23. The molecule has 3 rings (SSSR count). The average Bonchev–Trinajstić information content (AvgIpc) is 2.71. The second kappa shape index (κ2) is 4.10. The highest BCUT2D eigenvalue weighted by Crippen LogP contribution is 2.38. The van der Waals surface area contributed by atoms with E-state index in [0.717, 1.165) is 0 Å². The maximum Gasteiger partial charge on any atom is -0.0119 e. The molecular weight excluding hydrogens is 240 g/mol. The Bertz CT molecular complexity index is 619. The largest absolute Gasteiger partial charge is 0.0561 e. The van der Waals surface area contributed by atoms with Gasteiger partial charge in [0.25, 0.3) is 0 Å². The zero-order valence-corrected chi connectivity index (χ0v) is 13.7. The van der Waals surface area contributed by atoms with Crippen LogP contribution in [0.1, 0.15) is 63.8 Å². The second-order valence-electron chi connectivity index (χ2n) is 8.37. The minimum absolute atomic E-state index is 0.227. The van der Waals surface area contributed by atoms with E-state index in [0.29, 0.717) is 0 Å². The maximum absolute atomic E-state index is 2.44. The quantitative estimate of drug-likeness (QED) is 0.588. The Hall–Kier alpha value is -1.30. The van der Waals surface area contributed by atoms with Gasteiger partial charge in [-0.3, -0.25) is 0 Å². The smallest absolute Gasteiger partial charge is 0.0119 e. The summed E-state index contributed by atoms with van der Waals surface area (Å²) in [5.74, 6) is 0. The Morgan fingerprint density at radius 1 is 0.650 bits per heavy atom. The standard InChI is InChI=1S/C20H26/c1-19(2,3)16-9-13-7-8-14-10-17(20(4,5)6)12-15(11-16)18(13)14/h9-12H,7-8H2,1-6H3. The predicted molar refractivity (Wildman–Crippen MR) is 88.8 cm³/mol. The molecule has 0 aromatic heterocycles. The van der Waals surface area contributed by atoms with Crippen molar-refractivity contribution in [1.29, 1.82) is 0 Å².